The Balaban J connectivity index is 2.20. The zero-order chi connectivity index (χ0) is 16.3. The summed E-state index contributed by atoms with van der Waals surface area (Å²) in [4.78, 5) is 18.0. The van der Waals surface area contributed by atoms with Crippen LogP contribution in [0.25, 0.3) is 5.69 Å². The molecule has 5 heteroatoms. The monoisotopic (exact) mass is 317 g/mol. The van der Waals surface area contributed by atoms with Crippen LogP contribution >= 0.6 is 11.8 Å². The summed E-state index contributed by atoms with van der Waals surface area (Å²) < 4.78 is 2.02. The first kappa shape index (κ1) is 16.6. The van der Waals surface area contributed by atoms with E-state index < -0.39 is 0 Å². The van der Waals surface area contributed by atoms with E-state index in [1.54, 1.807) is 25.2 Å². The number of benzene rings is 1. The Morgan fingerprint density at radius 3 is 2.36 bits per heavy atom. The molecule has 0 N–H and O–H groups in total. The summed E-state index contributed by atoms with van der Waals surface area (Å²) in [6.45, 7) is 6.28. The number of rotatable bonds is 5. The van der Waals surface area contributed by atoms with Gasteiger partial charge in [0.15, 0.2) is 5.16 Å². The smallest absolute Gasteiger partial charge is 0.235 e. The largest absolute Gasteiger partial charge is 0.348 e. The van der Waals surface area contributed by atoms with Gasteiger partial charge in [-0.05, 0) is 30.5 Å². The average molecular weight is 317 g/mol. The Kier molecular flexibility index (Phi) is 5.29. The molecular formula is C17H23N3OS. The van der Waals surface area contributed by atoms with Gasteiger partial charge >= 0.3 is 0 Å². The van der Waals surface area contributed by atoms with E-state index in [2.05, 4.69) is 43.1 Å². The summed E-state index contributed by atoms with van der Waals surface area (Å²) in [5, 5.41) is 0.672. The fourth-order valence-electron chi connectivity index (χ4n) is 2.17. The van der Waals surface area contributed by atoms with E-state index in [0.717, 1.165) is 10.8 Å². The number of amides is 1. The zero-order valence-corrected chi connectivity index (χ0v) is 14.6. The highest BCUT2D eigenvalue weighted by atomic mass is 32.2. The van der Waals surface area contributed by atoms with Crippen molar-refractivity contribution in [3.63, 3.8) is 0 Å². The summed E-state index contributed by atoms with van der Waals surface area (Å²) in [7, 11) is 3.55. The molecule has 0 saturated carbocycles. The highest BCUT2D eigenvalue weighted by Crippen LogP contribution is 2.26. The van der Waals surface area contributed by atoms with Crippen LogP contribution < -0.4 is 0 Å². The predicted molar refractivity (Wildman–Crippen MR) is 91.7 cm³/mol. The third-order valence-corrected chi connectivity index (χ3v) is 4.58. The maximum atomic E-state index is 12.0. The van der Waals surface area contributed by atoms with E-state index in [4.69, 9.17) is 0 Å². The van der Waals surface area contributed by atoms with Crippen molar-refractivity contribution in [1.29, 1.82) is 0 Å². The fourth-order valence-corrected chi connectivity index (χ4v) is 3.19. The molecule has 1 unspecified atom stereocenters. The lowest BCUT2D eigenvalue weighted by Crippen LogP contribution is -2.29. The van der Waals surface area contributed by atoms with E-state index in [0.29, 0.717) is 5.92 Å². The molecule has 0 radical (unpaired) electrons. The van der Waals surface area contributed by atoms with Gasteiger partial charge in [0.25, 0.3) is 0 Å². The van der Waals surface area contributed by atoms with Crippen LogP contribution in [0.15, 0.2) is 41.8 Å². The molecule has 118 valence electrons. The van der Waals surface area contributed by atoms with Crippen molar-refractivity contribution in [2.45, 2.75) is 37.1 Å². The van der Waals surface area contributed by atoms with Crippen LogP contribution in [0.2, 0.25) is 0 Å². The maximum absolute atomic E-state index is 12.0. The van der Waals surface area contributed by atoms with Gasteiger partial charge in [-0.25, -0.2) is 4.98 Å². The van der Waals surface area contributed by atoms with Crippen LogP contribution in [0.1, 0.15) is 32.3 Å². The van der Waals surface area contributed by atoms with Crippen molar-refractivity contribution in [2.24, 2.45) is 0 Å². The van der Waals surface area contributed by atoms with Gasteiger partial charge < -0.3 is 4.90 Å². The molecule has 0 saturated heterocycles. The fraction of sp³-hybridized carbons (Fsp3) is 0.412. The minimum atomic E-state index is -0.161. The first-order chi connectivity index (χ1) is 10.4. The van der Waals surface area contributed by atoms with E-state index in [-0.39, 0.29) is 11.2 Å². The molecule has 1 aromatic carbocycles. The molecule has 22 heavy (non-hydrogen) atoms. The Hall–Kier alpha value is -1.75. The molecule has 1 heterocycles. The minimum absolute atomic E-state index is 0.0923. The van der Waals surface area contributed by atoms with Gasteiger partial charge in [0.2, 0.25) is 5.91 Å². The number of carbonyl (C=O) groups excluding carboxylic acids is 1. The second kappa shape index (κ2) is 7.01. The molecule has 4 nitrogen and oxygen atoms in total. The molecule has 0 bridgehead atoms. The molecule has 0 aliphatic heterocycles. The number of hydrogen-bond donors (Lipinski definition) is 0. The van der Waals surface area contributed by atoms with Gasteiger partial charge in [-0.1, -0.05) is 37.7 Å². The van der Waals surface area contributed by atoms with Gasteiger partial charge in [0, 0.05) is 32.2 Å². The molecule has 0 aliphatic rings. The van der Waals surface area contributed by atoms with Crippen molar-refractivity contribution in [2.75, 3.05) is 14.1 Å². The third kappa shape index (κ3) is 3.71. The van der Waals surface area contributed by atoms with Crippen LogP contribution in [0.3, 0.4) is 0 Å². The SMILES string of the molecule is CC(Sc1nccn1-c1ccc(C(C)C)cc1)C(=O)N(C)C. The molecule has 0 aliphatic carbocycles. The number of aromatic nitrogens is 2. The van der Waals surface area contributed by atoms with Gasteiger partial charge in [0.05, 0.1) is 5.25 Å². The number of hydrogen-bond acceptors (Lipinski definition) is 3. The minimum Gasteiger partial charge on any atom is -0.348 e. The molecule has 1 aromatic heterocycles. The lowest BCUT2D eigenvalue weighted by molar-refractivity contribution is -0.127. The normalized spacial score (nSPS) is 12.5. The first-order valence-electron chi connectivity index (χ1n) is 7.41. The second-order valence-electron chi connectivity index (χ2n) is 5.82. The second-order valence-corrected chi connectivity index (χ2v) is 7.13. The summed E-state index contributed by atoms with van der Waals surface area (Å²) >= 11 is 1.48. The third-order valence-electron chi connectivity index (χ3n) is 3.52. The number of nitrogens with zero attached hydrogens (tertiary/aromatic N) is 3. The summed E-state index contributed by atoms with van der Waals surface area (Å²) in [5.41, 5.74) is 2.38. The van der Waals surface area contributed by atoms with Crippen LogP contribution in [0.4, 0.5) is 0 Å². The van der Waals surface area contributed by atoms with Crippen molar-refractivity contribution in [1.82, 2.24) is 14.5 Å². The summed E-state index contributed by atoms with van der Waals surface area (Å²) in [6, 6.07) is 8.48. The van der Waals surface area contributed by atoms with Crippen LogP contribution in [-0.4, -0.2) is 39.7 Å². The molecule has 0 spiro atoms. The Morgan fingerprint density at radius 2 is 1.82 bits per heavy atom. The van der Waals surface area contributed by atoms with Gasteiger partial charge in [0.1, 0.15) is 0 Å². The summed E-state index contributed by atoms with van der Waals surface area (Å²) in [6.07, 6.45) is 3.70. The van der Waals surface area contributed by atoms with Gasteiger partial charge in [-0.15, -0.1) is 0 Å². The van der Waals surface area contributed by atoms with Gasteiger partial charge in [-0.3, -0.25) is 9.36 Å². The van der Waals surface area contributed by atoms with Crippen LogP contribution in [-0.2, 0) is 4.79 Å². The lowest BCUT2D eigenvalue weighted by Gasteiger charge is -2.16. The lowest BCUT2D eigenvalue weighted by atomic mass is 10.0. The molecule has 1 amide bonds. The van der Waals surface area contributed by atoms with Gasteiger partial charge in [-0.2, -0.15) is 0 Å². The molecule has 1 atom stereocenters. The van der Waals surface area contributed by atoms with E-state index in [9.17, 15) is 4.79 Å². The molecule has 2 aromatic rings. The average Bonchev–Trinajstić information content (AvgIpc) is 2.94. The van der Waals surface area contributed by atoms with E-state index >= 15 is 0 Å². The number of carbonyl (C=O) groups is 1. The standard InChI is InChI=1S/C17H23N3OS/c1-12(2)14-6-8-15(9-7-14)20-11-10-18-17(20)22-13(3)16(21)19(4)5/h6-13H,1-5H3. The van der Waals surface area contributed by atoms with Crippen molar-refractivity contribution in [3.05, 3.63) is 42.2 Å². The Bertz CT molecular complexity index is 632. The van der Waals surface area contributed by atoms with E-state index in [1.165, 1.54) is 17.3 Å². The van der Waals surface area contributed by atoms with Crippen LogP contribution in [0.5, 0.6) is 0 Å². The highest BCUT2D eigenvalue weighted by Gasteiger charge is 2.19. The predicted octanol–water partition coefficient (Wildman–Crippen LogP) is 3.56. The Morgan fingerprint density at radius 1 is 1.18 bits per heavy atom. The molecule has 2 rings (SSSR count). The van der Waals surface area contributed by atoms with E-state index in [1.807, 2.05) is 17.7 Å². The number of thioether (sulfide) groups is 1. The van der Waals surface area contributed by atoms with Crippen LogP contribution in [0, 0.1) is 0 Å². The topological polar surface area (TPSA) is 38.1 Å². The first-order valence-corrected chi connectivity index (χ1v) is 8.29. The van der Waals surface area contributed by atoms with Crippen molar-refractivity contribution < 1.29 is 4.79 Å². The molecular weight excluding hydrogens is 294 g/mol. The maximum Gasteiger partial charge on any atom is 0.235 e. The van der Waals surface area contributed by atoms with Crippen molar-refractivity contribution in [3.8, 4) is 5.69 Å². The Labute approximate surface area is 136 Å². The zero-order valence-electron chi connectivity index (χ0n) is 13.8. The number of imidazole rings is 1. The summed E-state index contributed by atoms with van der Waals surface area (Å²) in [5.74, 6) is 0.609. The highest BCUT2D eigenvalue weighted by molar-refractivity contribution is 8.00. The van der Waals surface area contributed by atoms with Crippen molar-refractivity contribution >= 4 is 17.7 Å². The quantitative estimate of drug-likeness (QED) is 0.791. The molecule has 0 fully saturated rings.